The van der Waals surface area contributed by atoms with Gasteiger partial charge in [-0.3, -0.25) is 9.78 Å². The van der Waals surface area contributed by atoms with E-state index < -0.39 is 0 Å². The fourth-order valence-electron chi connectivity index (χ4n) is 2.40. The fourth-order valence-corrected chi connectivity index (χ4v) is 2.40. The van der Waals surface area contributed by atoms with Crippen LogP contribution in [-0.2, 0) is 4.79 Å². The average Bonchev–Trinajstić information content (AvgIpc) is 2.33. The summed E-state index contributed by atoms with van der Waals surface area (Å²) in [6, 6.07) is 5.60. The molecule has 1 saturated carbocycles. The van der Waals surface area contributed by atoms with Crippen LogP contribution in [0.15, 0.2) is 24.4 Å². The Balaban J connectivity index is 2.05. The lowest BCUT2D eigenvalue weighted by Gasteiger charge is -2.37. The van der Waals surface area contributed by atoms with E-state index in [2.05, 4.69) is 10.3 Å². The van der Waals surface area contributed by atoms with Crippen LogP contribution < -0.4 is 5.32 Å². The van der Waals surface area contributed by atoms with Gasteiger partial charge < -0.3 is 15.3 Å². The van der Waals surface area contributed by atoms with Gasteiger partial charge in [0.1, 0.15) is 0 Å². The van der Waals surface area contributed by atoms with Gasteiger partial charge in [-0.15, -0.1) is 0 Å². The number of amides is 1. The number of nitrogens with one attached hydrogen (secondary N) is 1. The predicted octanol–water partition coefficient (Wildman–Crippen LogP) is 0.571. The highest BCUT2D eigenvalue weighted by Gasteiger charge is 2.36. The maximum atomic E-state index is 11.9. The van der Waals surface area contributed by atoms with Gasteiger partial charge in [0.15, 0.2) is 0 Å². The molecule has 0 aliphatic heterocycles. The summed E-state index contributed by atoms with van der Waals surface area (Å²) in [7, 11) is 3.73. The number of rotatable bonds is 5. The van der Waals surface area contributed by atoms with E-state index in [1.54, 1.807) is 6.20 Å². The molecule has 2 rings (SSSR count). The molecule has 0 radical (unpaired) electrons. The quantitative estimate of drug-likeness (QED) is 0.815. The predicted molar refractivity (Wildman–Crippen MR) is 72.4 cm³/mol. The van der Waals surface area contributed by atoms with Crippen LogP contribution in [0, 0.1) is 5.92 Å². The van der Waals surface area contributed by atoms with Crippen LogP contribution in [0.5, 0.6) is 0 Å². The molecule has 1 aliphatic carbocycles. The number of carbonyl (C=O) groups excluding carboxylic acids is 1. The second kappa shape index (κ2) is 6.12. The van der Waals surface area contributed by atoms with Crippen molar-refractivity contribution in [3.8, 4) is 0 Å². The third-order valence-electron chi connectivity index (χ3n) is 3.40. The van der Waals surface area contributed by atoms with Gasteiger partial charge in [-0.05, 0) is 45.0 Å². The van der Waals surface area contributed by atoms with E-state index in [0.29, 0.717) is 6.54 Å². The molecule has 1 heterocycles. The summed E-state index contributed by atoms with van der Waals surface area (Å²) in [4.78, 5) is 18.1. The van der Waals surface area contributed by atoms with Crippen molar-refractivity contribution in [2.45, 2.75) is 25.0 Å². The Morgan fingerprint density at radius 1 is 1.53 bits per heavy atom. The first kappa shape index (κ1) is 14.0. The van der Waals surface area contributed by atoms with Crippen molar-refractivity contribution in [3.63, 3.8) is 0 Å². The van der Waals surface area contributed by atoms with E-state index in [-0.39, 0.29) is 24.0 Å². The minimum absolute atomic E-state index is 0.0120. The van der Waals surface area contributed by atoms with E-state index in [0.717, 1.165) is 18.5 Å². The molecule has 0 saturated heterocycles. The number of hydrogen-bond acceptors (Lipinski definition) is 4. The molecule has 2 N–H and O–H groups in total. The lowest BCUT2D eigenvalue weighted by Crippen LogP contribution is -2.44. The molecule has 1 fully saturated rings. The number of pyridine rings is 1. The number of likely N-dealkylation sites (N-methyl/N-ethyl adjacent to an activating group) is 1. The maximum absolute atomic E-state index is 11.9. The Morgan fingerprint density at radius 2 is 2.26 bits per heavy atom. The molecule has 0 aromatic carbocycles. The molecule has 1 amide bonds. The highest BCUT2D eigenvalue weighted by atomic mass is 16.3. The minimum Gasteiger partial charge on any atom is -0.393 e. The van der Waals surface area contributed by atoms with Crippen molar-refractivity contribution in [2.24, 2.45) is 5.92 Å². The molecule has 104 valence electrons. The largest absolute Gasteiger partial charge is 0.393 e. The Kier molecular flexibility index (Phi) is 4.50. The van der Waals surface area contributed by atoms with Crippen LogP contribution in [0.1, 0.15) is 24.6 Å². The minimum atomic E-state index is -0.234. The Labute approximate surface area is 113 Å². The van der Waals surface area contributed by atoms with E-state index in [1.807, 2.05) is 37.2 Å². The molecule has 1 aromatic heterocycles. The van der Waals surface area contributed by atoms with Gasteiger partial charge in [-0.2, -0.15) is 0 Å². The first-order chi connectivity index (χ1) is 9.06. The molecule has 19 heavy (non-hydrogen) atoms. The van der Waals surface area contributed by atoms with Crippen LogP contribution in [0.25, 0.3) is 0 Å². The number of aliphatic hydroxyl groups is 1. The van der Waals surface area contributed by atoms with Gasteiger partial charge in [-0.25, -0.2) is 0 Å². The normalized spacial score (nSPS) is 23.8. The summed E-state index contributed by atoms with van der Waals surface area (Å²) in [5.74, 6) is 0.262. The van der Waals surface area contributed by atoms with E-state index >= 15 is 0 Å². The molecule has 1 aliphatic rings. The summed E-state index contributed by atoms with van der Waals surface area (Å²) in [6.07, 6.45) is 2.95. The van der Waals surface area contributed by atoms with Gasteiger partial charge in [-0.1, -0.05) is 6.07 Å². The van der Waals surface area contributed by atoms with Crippen molar-refractivity contribution in [3.05, 3.63) is 30.1 Å². The average molecular weight is 263 g/mol. The second-order valence-corrected chi connectivity index (χ2v) is 5.42. The Hall–Kier alpha value is -1.46. The van der Waals surface area contributed by atoms with Crippen molar-refractivity contribution in [1.29, 1.82) is 0 Å². The van der Waals surface area contributed by atoms with Crippen LogP contribution in [0.3, 0.4) is 0 Å². The van der Waals surface area contributed by atoms with Crippen molar-refractivity contribution in [2.75, 3.05) is 20.6 Å². The van der Waals surface area contributed by atoms with Gasteiger partial charge in [0.05, 0.1) is 24.4 Å². The molecule has 5 nitrogen and oxygen atoms in total. The van der Waals surface area contributed by atoms with Gasteiger partial charge in [0, 0.05) is 6.20 Å². The summed E-state index contributed by atoms with van der Waals surface area (Å²) < 4.78 is 0. The molecular formula is C14H21N3O2. The van der Waals surface area contributed by atoms with Crippen molar-refractivity contribution in [1.82, 2.24) is 15.2 Å². The highest BCUT2D eigenvalue weighted by molar-refractivity contribution is 5.78. The number of aromatic nitrogens is 1. The number of carbonyl (C=O) groups is 1. The zero-order valence-corrected chi connectivity index (χ0v) is 11.4. The van der Waals surface area contributed by atoms with Crippen molar-refractivity contribution < 1.29 is 9.90 Å². The molecule has 1 atom stereocenters. The molecule has 1 aromatic rings. The molecule has 0 spiro atoms. The molecular weight excluding hydrogens is 242 g/mol. The van der Waals surface area contributed by atoms with Gasteiger partial charge >= 0.3 is 0 Å². The summed E-state index contributed by atoms with van der Waals surface area (Å²) in [5.41, 5.74) is 0.867. The second-order valence-electron chi connectivity index (χ2n) is 5.42. The Morgan fingerprint density at radius 3 is 2.79 bits per heavy atom. The zero-order valence-electron chi connectivity index (χ0n) is 11.4. The molecule has 0 bridgehead atoms. The topological polar surface area (TPSA) is 65.5 Å². The summed E-state index contributed by atoms with van der Waals surface area (Å²) in [6.45, 7) is 0.360. The monoisotopic (exact) mass is 263 g/mol. The molecule has 5 heteroatoms. The van der Waals surface area contributed by atoms with E-state index in [9.17, 15) is 9.90 Å². The lowest BCUT2D eigenvalue weighted by atomic mass is 9.76. The van der Waals surface area contributed by atoms with E-state index in [1.165, 1.54) is 0 Å². The lowest BCUT2D eigenvalue weighted by molar-refractivity contribution is -0.123. The van der Waals surface area contributed by atoms with Crippen LogP contribution in [0.2, 0.25) is 0 Å². The molecule has 1 unspecified atom stereocenters. The fraction of sp³-hybridized carbons (Fsp3) is 0.571. The number of nitrogens with zero attached hydrogens (tertiary/aromatic N) is 2. The number of hydrogen-bond donors (Lipinski definition) is 2. The Bertz CT molecular complexity index is 416. The van der Waals surface area contributed by atoms with Crippen LogP contribution >= 0.6 is 0 Å². The number of aliphatic hydroxyl groups excluding tert-OH is 1. The third kappa shape index (κ3) is 3.75. The zero-order chi connectivity index (χ0) is 13.8. The highest BCUT2D eigenvalue weighted by Crippen LogP contribution is 2.37. The SMILES string of the molecule is CN(C)CC(=O)NC(c1ccccn1)C1CC(O)C1. The maximum Gasteiger partial charge on any atom is 0.234 e. The van der Waals surface area contributed by atoms with Gasteiger partial charge in [0.25, 0.3) is 0 Å². The smallest absolute Gasteiger partial charge is 0.234 e. The van der Waals surface area contributed by atoms with E-state index in [4.69, 9.17) is 0 Å². The van der Waals surface area contributed by atoms with Crippen molar-refractivity contribution >= 4 is 5.91 Å². The van der Waals surface area contributed by atoms with Crippen LogP contribution in [0.4, 0.5) is 0 Å². The van der Waals surface area contributed by atoms with Crippen LogP contribution in [-0.4, -0.2) is 47.6 Å². The summed E-state index contributed by atoms with van der Waals surface area (Å²) in [5, 5.41) is 12.5. The summed E-state index contributed by atoms with van der Waals surface area (Å²) >= 11 is 0. The first-order valence-corrected chi connectivity index (χ1v) is 6.59. The standard InChI is InChI=1S/C14H21N3O2/c1-17(2)9-13(19)16-14(10-7-11(18)8-10)12-5-3-4-6-15-12/h3-6,10-11,14,18H,7-9H2,1-2H3,(H,16,19). The van der Waals surface area contributed by atoms with Gasteiger partial charge in [0.2, 0.25) is 5.91 Å². The third-order valence-corrected chi connectivity index (χ3v) is 3.40. The first-order valence-electron chi connectivity index (χ1n) is 6.59.